The van der Waals surface area contributed by atoms with Crippen LogP contribution in [0, 0.1) is 0 Å². The van der Waals surface area contributed by atoms with E-state index in [1.54, 1.807) is 16.8 Å². The van der Waals surface area contributed by atoms with Crippen molar-refractivity contribution >= 4 is 17.4 Å². The highest BCUT2D eigenvalue weighted by Gasteiger charge is 2.08. The van der Waals surface area contributed by atoms with Gasteiger partial charge in [0.2, 0.25) is 0 Å². The van der Waals surface area contributed by atoms with Crippen LogP contribution >= 0.6 is 11.3 Å². The number of aliphatic hydroxyl groups is 1. The fourth-order valence-corrected chi connectivity index (χ4v) is 2.03. The van der Waals surface area contributed by atoms with Gasteiger partial charge >= 0.3 is 6.03 Å². The van der Waals surface area contributed by atoms with Crippen molar-refractivity contribution in [3.05, 3.63) is 16.6 Å². The standard InChI is InChI=1S/C11H19N3O2S/c1-2-9(4-6-15)14-11(16)12-5-3-10-7-17-8-13-10/h7-9,15H,2-6H2,1H3,(H2,12,14,16). The predicted molar refractivity (Wildman–Crippen MR) is 68.1 cm³/mol. The summed E-state index contributed by atoms with van der Waals surface area (Å²) in [4.78, 5) is 15.6. The van der Waals surface area contributed by atoms with Gasteiger partial charge in [-0.25, -0.2) is 9.78 Å². The third kappa shape index (κ3) is 5.65. The van der Waals surface area contributed by atoms with Crippen LogP contribution in [-0.2, 0) is 6.42 Å². The normalized spacial score (nSPS) is 12.1. The van der Waals surface area contributed by atoms with Crippen molar-refractivity contribution in [2.45, 2.75) is 32.2 Å². The number of hydrogen-bond donors (Lipinski definition) is 3. The number of rotatable bonds is 7. The summed E-state index contributed by atoms with van der Waals surface area (Å²) in [5.74, 6) is 0. The molecule has 96 valence electrons. The van der Waals surface area contributed by atoms with Gasteiger partial charge in [-0.3, -0.25) is 0 Å². The lowest BCUT2D eigenvalue weighted by Gasteiger charge is -2.16. The number of nitrogens with one attached hydrogen (secondary N) is 2. The Labute approximate surface area is 105 Å². The topological polar surface area (TPSA) is 74.2 Å². The first-order valence-corrected chi connectivity index (χ1v) is 6.72. The Morgan fingerprint density at radius 1 is 1.65 bits per heavy atom. The number of amides is 2. The van der Waals surface area contributed by atoms with Gasteiger partial charge in [0.25, 0.3) is 0 Å². The average Bonchev–Trinajstić information content (AvgIpc) is 2.81. The Hall–Kier alpha value is -1.14. The van der Waals surface area contributed by atoms with Gasteiger partial charge in [0.1, 0.15) is 0 Å². The second-order valence-electron chi connectivity index (χ2n) is 3.75. The largest absolute Gasteiger partial charge is 0.396 e. The zero-order valence-electron chi connectivity index (χ0n) is 9.98. The molecule has 6 heteroatoms. The highest BCUT2D eigenvalue weighted by Crippen LogP contribution is 2.00. The minimum absolute atomic E-state index is 0.0410. The molecule has 2 amide bonds. The molecule has 0 saturated carbocycles. The number of aliphatic hydroxyl groups excluding tert-OH is 1. The van der Waals surface area contributed by atoms with Crippen LogP contribution in [0.25, 0.3) is 0 Å². The highest BCUT2D eigenvalue weighted by molar-refractivity contribution is 7.07. The molecular formula is C11H19N3O2S. The first-order chi connectivity index (χ1) is 8.26. The zero-order chi connectivity index (χ0) is 12.5. The molecule has 0 saturated heterocycles. The molecule has 0 radical (unpaired) electrons. The summed E-state index contributed by atoms with van der Waals surface area (Å²) in [5, 5.41) is 16.4. The predicted octanol–water partition coefficient (Wildman–Crippen LogP) is 1.15. The van der Waals surface area contributed by atoms with Crippen molar-refractivity contribution in [1.29, 1.82) is 0 Å². The molecule has 1 unspecified atom stereocenters. The second kappa shape index (κ2) is 8.03. The van der Waals surface area contributed by atoms with E-state index < -0.39 is 0 Å². The number of carbonyl (C=O) groups is 1. The number of hydrogen-bond acceptors (Lipinski definition) is 4. The monoisotopic (exact) mass is 257 g/mol. The van der Waals surface area contributed by atoms with Crippen molar-refractivity contribution in [2.24, 2.45) is 0 Å². The van der Waals surface area contributed by atoms with Gasteiger partial charge in [-0.15, -0.1) is 11.3 Å². The van der Waals surface area contributed by atoms with E-state index >= 15 is 0 Å². The fourth-order valence-electron chi connectivity index (χ4n) is 1.44. The SMILES string of the molecule is CCC(CCO)NC(=O)NCCc1cscn1. The molecule has 1 aromatic rings. The van der Waals surface area contributed by atoms with Crippen molar-refractivity contribution in [1.82, 2.24) is 15.6 Å². The van der Waals surface area contributed by atoms with E-state index in [9.17, 15) is 4.79 Å². The maximum absolute atomic E-state index is 11.5. The van der Waals surface area contributed by atoms with E-state index in [0.717, 1.165) is 18.5 Å². The summed E-state index contributed by atoms with van der Waals surface area (Å²) in [7, 11) is 0. The van der Waals surface area contributed by atoms with Crippen LogP contribution in [0.15, 0.2) is 10.9 Å². The summed E-state index contributed by atoms with van der Waals surface area (Å²) in [5.41, 5.74) is 2.78. The van der Waals surface area contributed by atoms with E-state index in [2.05, 4.69) is 15.6 Å². The first kappa shape index (κ1) is 13.9. The molecule has 0 fully saturated rings. The van der Waals surface area contributed by atoms with Crippen molar-refractivity contribution < 1.29 is 9.90 Å². The summed E-state index contributed by atoms with van der Waals surface area (Å²) in [6.45, 7) is 2.65. The Bertz CT molecular complexity index is 317. The summed E-state index contributed by atoms with van der Waals surface area (Å²) in [6, 6.07) is -0.139. The summed E-state index contributed by atoms with van der Waals surface area (Å²) >= 11 is 1.55. The Morgan fingerprint density at radius 3 is 3.06 bits per heavy atom. The van der Waals surface area contributed by atoms with E-state index in [-0.39, 0.29) is 18.7 Å². The number of aromatic nitrogens is 1. The van der Waals surface area contributed by atoms with E-state index in [0.29, 0.717) is 13.0 Å². The third-order valence-electron chi connectivity index (χ3n) is 2.46. The molecular weight excluding hydrogens is 238 g/mol. The van der Waals surface area contributed by atoms with Gasteiger partial charge in [-0.1, -0.05) is 6.92 Å². The van der Waals surface area contributed by atoms with Crippen LogP contribution in [-0.4, -0.2) is 35.3 Å². The van der Waals surface area contributed by atoms with Gasteiger partial charge in [-0.05, 0) is 12.8 Å². The molecule has 1 aromatic heterocycles. The van der Waals surface area contributed by atoms with E-state index in [4.69, 9.17) is 5.11 Å². The number of nitrogens with zero attached hydrogens (tertiary/aromatic N) is 1. The number of urea groups is 1. The van der Waals surface area contributed by atoms with Gasteiger partial charge < -0.3 is 15.7 Å². The summed E-state index contributed by atoms with van der Waals surface area (Å²) < 4.78 is 0. The quantitative estimate of drug-likeness (QED) is 0.686. The van der Waals surface area contributed by atoms with Gasteiger partial charge in [0.15, 0.2) is 0 Å². The van der Waals surface area contributed by atoms with Crippen LogP contribution in [0.2, 0.25) is 0 Å². The molecule has 17 heavy (non-hydrogen) atoms. The Kier molecular flexibility index (Phi) is 6.57. The van der Waals surface area contributed by atoms with E-state index in [1.807, 2.05) is 12.3 Å². The van der Waals surface area contributed by atoms with Crippen LogP contribution in [0.1, 0.15) is 25.5 Å². The van der Waals surface area contributed by atoms with Gasteiger partial charge in [-0.2, -0.15) is 0 Å². The maximum Gasteiger partial charge on any atom is 0.315 e. The van der Waals surface area contributed by atoms with Crippen molar-refractivity contribution in [2.75, 3.05) is 13.2 Å². The molecule has 1 atom stereocenters. The number of carbonyl (C=O) groups excluding carboxylic acids is 1. The lowest BCUT2D eigenvalue weighted by molar-refractivity contribution is 0.228. The Morgan fingerprint density at radius 2 is 2.47 bits per heavy atom. The lowest BCUT2D eigenvalue weighted by atomic mass is 10.2. The van der Waals surface area contributed by atoms with Crippen molar-refractivity contribution in [3.63, 3.8) is 0 Å². The van der Waals surface area contributed by atoms with Crippen LogP contribution in [0.3, 0.4) is 0 Å². The molecule has 1 rings (SSSR count). The molecule has 3 N–H and O–H groups in total. The maximum atomic E-state index is 11.5. The lowest BCUT2D eigenvalue weighted by Crippen LogP contribution is -2.42. The van der Waals surface area contributed by atoms with Crippen molar-refractivity contribution in [3.8, 4) is 0 Å². The smallest absolute Gasteiger partial charge is 0.315 e. The van der Waals surface area contributed by atoms with Gasteiger partial charge in [0, 0.05) is 31.0 Å². The van der Waals surface area contributed by atoms with E-state index in [1.165, 1.54) is 0 Å². The molecule has 1 heterocycles. The minimum atomic E-state index is -0.180. The Balaban J connectivity index is 2.16. The highest BCUT2D eigenvalue weighted by atomic mass is 32.1. The molecule has 0 aliphatic rings. The fraction of sp³-hybridized carbons (Fsp3) is 0.636. The minimum Gasteiger partial charge on any atom is -0.396 e. The van der Waals surface area contributed by atoms with Crippen LogP contribution in [0.4, 0.5) is 4.79 Å². The van der Waals surface area contributed by atoms with Crippen LogP contribution in [0.5, 0.6) is 0 Å². The second-order valence-corrected chi connectivity index (χ2v) is 4.47. The first-order valence-electron chi connectivity index (χ1n) is 5.78. The average molecular weight is 257 g/mol. The zero-order valence-corrected chi connectivity index (χ0v) is 10.8. The van der Waals surface area contributed by atoms with Gasteiger partial charge in [0.05, 0.1) is 11.2 Å². The molecule has 0 bridgehead atoms. The van der Waals surface area contributed by atoms with Crippen LogP contribution < -0.4 is 10.6 Å². The number of thiazole rings is 1. The molecule has 0 spiro atoms. The summed E-state index contributed by atoms with van der Waals surface area (Å²) in [6.07, 6.45) is 2.16. The molecule has 0 aromatic carbocycles. The molecule has 5 nitrogen and oxygen atoms in total. The molecule has 0 aliphatic heterocycles. The third-order valence-corrected chi connectivity index (χ3v) is 3.09. The molecule has 0 aliphatic carbocycles.